The van der Waals surface area contributed by atoms with Gasteiger partial charge in [0.25, 0.3) is 5.91 Å². The lowest BCUT2D eigenvalue weighted by Gasteiger charge is -2.38. The summed E-state index contributed by atoms with van der Waals surface area (Å²) in [6.07, 6.45) is 1.11. The zero-order valence-corrected chi connectivity index (χ0v) is 39.4. The summed E-state index contributed by atoms with van der Waals surface area (Å²) in [5, 5.41) is 6.67. The number of rotatable bonds is 13. The number of urea groups is 1. The minimum atomic E-state index is -4.53. The maximum atomic E-state index is 13.8. The molecule has 4 heterocycles. The topological polar surface area (TPSA) is 176 Å². The quantitative estimate of drug-likeness (QED) is 0.0876. The van der Waals surface area contributed by atoms with Gasteiger partial charge in [0.05, 0.1) is 41.0 Å². The van der Waals surface area contributed by atoms with Crippen LogP contribution in [0.3, 0.4) is 0 Å². The predicted octanol–water partition coefficient (Wildman–Crippen LogP) is 7.95. The molecule has 1 aliphatic carbocycles. The van der Waals surface area contributed by atoms with Crippen LogP contribution in [0.5, 0.6) is 5.75 Å². The van der Waals surface area contributed by atoms with Crippen molar-refractivity contribution in [1.29, 1.82) is 0 Å². The molecule has 4 fully saturated rings. The van der Waals surface area contributed by atoms with Crippen LogP contribution in [-0.4, -0.2) is 121 Å². The van der Waals surface area contributed by atoms with Gasteiger partial charge in [-0.15, -0.1) is 0 Å². The molecule has 0 radical (unpaired) electrons. The first-order valence-corrected chi connectivity index (χ1v) is 23.9. The normalized spacial score (nSPS) is 20.4. The van der Waals surface area contributed by atoms with E-state index in [4.69, 9.17) is 26.8 Å². The third-order valence-corrected chi connectivity index (χ3v) is 14.1. The number of hydrogen-bond acceptors (Lipinski definition) is 11. The summed E-state index contributed by atoms with van der Waals surface area (Å²) < 4.78 is 52.9. The number of nitrogens with zero attached hydrogens (tertiary/aromatic N) is 6. The second kappa shape index (κ2) is 20.9. The van der Waals surface area contributed by atoms with E-state index >= 15 is 0 Å². The number of amides is 5. The Morgan fingerprint density at radius 2 is 1.66 bits per heavy atom. The lowest BCUT2D eigenvalue weighted by molar-refractivity contribution is -0.139. The number of likely N-dealkylation sites (tertiary alicyclic amines) is 1. The Morgan fingerprint density at radius 1 is 0.926 bits per heavy atom. The molecule has 4 aliphatic rings. The Morgan fingerprint density at radius 3 is 2.35 bits per heavy atom. The van der Waals surface area contributed by atoms with Crippen LogP contribution in [0, 0.1) is 12.8 Å². The van der Waals surface area contributed by atoms with E-state index in [2.05, 4.69) is 25.5 Å². The number of aromatic nitrogens is 2. The molecule has 1 saturated carbocycles. The second-order valence-corrected chi connectivity index (χ2v) is 18.7. The molecule has 364 valence electrons. The summed E-state index contributed by atoms with van der Waals surface area (Å²) in [6.45, 7) is 9.30. The molecule has 68 heavy (non-hydrogen) atoms. The molecule has 4 aromatic rings. The average Bonchev–Trinajstić information content (AvgIpc) is 3.32. The zero-order valence-electron chi connectivity index (χ0n) is 38.7. The van der Waals surface area contributed by atoms with E-state index in [0.717, 1.165) is 87.7 Å². The molecule has 3 aromatic carbocycles. The number of methoxy groups -OCH3 is 1. The molecule has 8 rings (SSSR count). The lowest BCUT2D eigenvalue weighted by atomic mass is 9.77. The number of fused-ring (bicyclic) bond motifs is 1. The summed E-state index contributed by atoms with van der Waals surface area (Å²) in [5.74, 6) is 1.52. The maximum Gasteiger partial charge on any atom is 0.416 e. The summed E-state index contributed by atoms with van der Waals surface area (Å²) in [7, 11) is 1.63. The molecule has 1 aromatic heterocycles. The maximum absolute atomic E-state index is 13.8. The van der Waals surface area contributed by atoms with Gasteiger partial charge in [0, 0.05) is 94.0 Å². The van der Waals surface area contributed by atoms with E-state index < -0.39 is 23.8 Å². The van der Waals surface area contributed by atoms with Crippen molar-refractivity contribution in [2.45, 2.75) is 89.5 Å². The van der Waals surface area contributed by atoms with Crippen LogP contribution in [0.1, 0.15) is 103 Å². The minimum absolute atomic E-state index is 0.0264. The number of ether oxygens (including phenoxy) is 2. The van der Waals surface area contributed by atoms with Crippen LogP contribution in [0.4, 0.5) is 35.2 Å². The average molecular weight is 963 g/mol. The van der Waals surface area contributed by atoms with Gasteiger partial charge >= 0.3 is 12.2 Å². The third kappa shape index (κ3) is 11.2. The van der Waals surface area contributed by atoms with E-state index in [1.165, 1.54) is 11.0 Å². The number of imide groups is 1. The molecule has 5 amide bonds. The van der Waals surface area contributed by atoms with Gasteiger partial charge in [-0.3, -0.25) is 29.5 Å². The molecular weight excluding hydrogens is 903 g/mol. The highest BCUT2D eigenvalue weighted by Crippen LogP contribution is 2.43. The number of carbonyl (C=O) groups excluding carboxylic acids is 4. The standard InChI is InChI=1S/C49H59ClF3N9O6/c1-29(34-23-35(49(51,52)53)26-36(54)24-34)55-45-39-27-38(43(67-3)28-41(39)56-30(2)57-45)31-5-7-32(8-6-31)46(64)61-20-18-59(19-21-61)14-4-22-68-37-11-15-60(16-12-37)47(65)33-9-10-40(50)42(25-33)62-17-13-44(63)58-48(62)66/h9-10,23-29,31-32,37H,4-8,11-22,54H2,1-3H3,(H,55,56,57)(H,58,63,66)/t29-,31?,32?/m1/s1. The number of nitrogen functional groups attached to an aromatic ring is 1. The van der Waals surface area contributed by atoms with Crippen molar-refractivity contribution >= 4 is 63.4 Å². The van der Waals surface area contributed by atoms with E-state index in [-0.39, 0.29) is 54.3 Å². The Bertz CT molecular complexity index is 2520. The Balaban J connectivity index is 0.770. The summed E-state index contributed by atoms with van der Waals surface area (Å²) >= 11 is 6.38. The van der Waals surface area contributed by atoms with Crippen molar-refractivity contribution < 1.29 is 41.8 Å². The van der Waals surface area contributed by atoms with Gasteiger partial charge in [0.2, 0.25) is 11.8 Å². The summed E-state index contributed by atoms with van der Waals surface area (Å²) in [5.41, 5.74) is 7.95. The number of anilines is 3. The van der Waals surface area contributed by atoms with Gasteiger partial charge < -0.3 is 30.3 Å². The number of halogens is 4. The number of piperidine rings is 1. The fourth-order valence-corrected chi connectivity index (χ4v) is 10.2. The summed E-state index contributed by atoms with van der Waals surface area (Å²) in [4.78, 5) is 68.1. The van der Waals surface area contributed by atoms with Crippen molar-refractivity contribution in [3.8, 4) is 5.75 Å². The van der Waals surface area contributed by atoms with E-state index in [0.29, 0.717) is 77.5 Å². The highest BCUT2D eigenvalue weighted by Gasteiger charge is 2.35. The van der Waals surface area contributed by atoms with Gasteiger partial charge in [-0.05, 0) is 118 Å². The van der Waals surface area contributed by atoms with Crippen LogP contribution < -0.4 is 26.0 Å². The van der Waals surface area contributed by atoms with Crippen LogP contribution in [0.25, 0.3) is 10.9 Å². The molecule has 3 saturated heterocycles. The number of nitrogens with two attached hydrogens (primary N) is 1. The number of benzene rings is 3. The number of alkyl halides is 3. The second-order valence-electron chi connectivity index (χ2n) is 18.3. The molecule has 0 unspecified atom stereocenters. The molecule has 1 atom stereocenters. The minimum Gasteiger partial charge on any atom is -0.496 e. The Labute approximate surface area is 398 Å². The predicted molar refractivity (Wildman–Crippen MR) is 253 cm³/mol. The third-order valence-electron chi connectivity index (χ3n) is 13.8. The molecule has 15 nitrogen and oxygen atoms in total. The molecule has 0 spiro atoms. The van der Waals surface area contributed by atoms with Crippen molar-refractivity contribution in [1.82, 2.24) is 30.0 Å². The van der Waals surface area contributed by atoms with Gasteiger partial charge in [0.15, 0.2) is 0 Å². The number of piperazine rings is 1. The van der Waals surface area contributed by atoms with Gasteiger partial charge in [0.1, 0.15) is 17.4 Å². The first-order valence-electron chi connectivity index (χ1n) is 23.5. The largest absolute Gasteiger partial charge is 0.496 e. The number of nitrogens with one attached hydrogen (secondary N) is 2. The highest BCUT2D eigenvalue weighted by atomic mass is 35.5. The van der Waals surface area contributed by atoms with Crippen LogP contribution in [0.15, 0.2) is 48.5 Å². The fraction of sp³-hybridized carbons (Fsp3) is 0.510. The molecule has 4 N–H and O–H groups in total. The lowest BCUT2D eigenvalue weighted by Crippen LogP contribution is -2.50. The van der Waals surface area contributed by atoms with Gasteiger partial charge in [-0.1, -0.05) is 11.6 Å². The van der Waals surface area contributed by atoms with Gasteiger partial charge in [-0.25, -0.2) is 14.8 Å². The van der Waals surface area contributed by atoms with Gasteiger partial charge in [-0.2, -0.15) is 13.2 Å². The van der Waals surface area contributed by atoms with Crippen molar-refractivity contribution in [3.63, 3.8) is 0 Å². The number of carbonyl (C=O) groups is 4. The van der Waals surface area contributed by atoms with Crippen LogP contribution in [-0.2, 0) is 20.5 Å². The molecule has 0 bridgehead atoms. The Kier molecular flexibility index (Phi) is 15.0. The molecule has 3 aliphatic heterocycles. The smallest absolute Gasteiger partial charge is 0.416 e. The van der Waals surface area contributed by atoms with E-state index in [9.17, 15) is 32.3 Å². The van der Waals surface area contributed by atoms with E-state index in [1.807, 2.05) is 17.0 Å². The number of aryl methyl sites for hydroxylation is 1. The van der Waals surface area contributed by atoms with Crippen molar-refractivity contribution in [2.75, 3.05) is 82.0 Å². The monoisotopic (exact) mass is 961 g/mol. The molecule has 19 heteroatoms. The first-order chi connectivity index (χ1) is 32.5. The SMILES string of the molecule is COc1cc2nc(C)nc(N[C@H](C)c3cc(N)cc(C(F)(F)F)c3)c2cc1C1CCC(C(=O)N2CCN(CCCOC3CCN(C(=O)c4ccc(Cl)c(N5CCC(=O)NC5=O)c4)CC3)CC2)CC1. The van der Waals surface area contributed by atoms with Crippen LogP contribution >= 0.6 is 11.6 Å². The summed E-state index contributed by atoms with van der Waals surface area (Å²) in [6, 6.07) is 11.2. The number of hydrogen-bond donors (Lipinski definition) is 3. The van der Waals surface area contributed by atoms with Crippen molar-refractivity contribution in [2.24, 2.45) is 5.92 Å². The fourth-order valence-electron chi connectivity index (χ4n) is 9.97. The Hall–Kier alpha value is -5.72. The van der Waals surface area contributed by atoms with Crippen molar-refractivity contribution in [3.05, 3.63) is 81.6 Å². The van der Waals surface area contributed by atoms with E-state index in [1.54, 1.807) is 44.1 Å². The first kappa shape index (κ1) is 48.7. The highest BCUT2D eigenvalue weighted by molar-refractivity contribution is 6.34. The molecular formula is C49H59ClF3N9O6. The van der Waals surface area contributed by atoms with Crippen LogP contribution in [0.2, 0.25) is 5.02 Å². The zero-order chi connectivity index (χ0) is 48.3.